The molecule has 148 valence electrons. The molecule has 0 radical (unpaired) electrons. The molecular formula is C22H20N2O5. The number of rotatable bonds is 5. The van der Waals surface area contributed by atoms with Crippen molar-refractivity contribution >= 4 is 34.2 Å². The van der Waals surface area contributed by atoms with Gasteiger partial charge in [0.05, 0.1) is 11.1 Å². The van der Waals surface area contributed by atoms with Gasteiger partial charge in [-0.15, -0.1) is 0 Å². The molecule has 2 amide bonds. The van der Waals surface area contributed by atoms with Crippen molar-refractivity contribution in [1.29, 1.82) is 0 Å². The Labute approximate surface area is 166 Å². The number of benzene rings is 2. The Hall–Kier alpha value is -3.61. The van der Waals surface area contributed by atoms with E-state index < -0.39 is 5.91 Å². The number of hydrogen-bond donors (Lipinski definition) is 1. The Bertz CT molecular complexity index is 1150. The van der Waals surface area contributed by atoms with Crippen LogP contribution in [0.2, 0.25) is 0 Å². The van der Waals surface area contributed by atoms with Crippen molar-refractivity contribution in [3.63, 3.8) is 0 Å². The summed E-state index contributed by atoms with van der Waals surface area (Å²) in [5, 5.41) is 3.14. The molecule has 1 N–H and O–H groups in total. The topological polar surface area (TPSA) is 88.9 Å². The summed E-state index contributed by atoms with van der Waals surface area (Å²) in [5.74, 6) is -0.150. The molecule has 7 heteroatoms. The molecule has 1 aliphatic rings. The van der Waals surface area contributed by atoms with Gasteiger partial charge in [0.25, 0.3) is 11.8 Å². The Balaban J connectivity index is 1.62. The van der Waals surface area contributed by atoms with Crippen LogP contribution in [0.3, 0.4) is 0 Å². The predicted octanol–water partition coefficient (Wildman–Crippen LogP) is 3.57. The number of para-hydroxylation sites is 1. The molecule has 0 unspecified atom stereocenters. The molecule has 3 aromatic rings. The number of unbranched alkanes of at least 4 members (excludes halogenated alkanes) is 1. The zero-order valence-electron chi connectivity index (χ0n) is 15.9. The minimum Gasteiger partial charge on any atom is -0.482 e. The summed E-state index contributed by atoms with van der Waals surface area (Å²) < 4.78 is 11.1. The number of amides is 2. The fourth-order valence-electron chi connectivity index (χ4n) is 3.25. The quantitative estimate of drug-likeness (QED) is 0.717. The lowest BCUT2D eigenvalue weighted by molar-refractivity contribution is -0.121. The van der Waals surface area contributed by atoms with Crippen LogP contribution in [0.15, 0.2) is 57.7 Å². The fraction of sp³-hybridized carbons (Fsp3) is 0.227. The molecule has 0 atom stereocenters. The van der Waals surface area contributed by atoms with Gasteiger partial charge in [0, 0.05) is 18.3 Å². The third kappa shape index (κ3) is 3.71. The molecule has 1 aromatic heterocycles. The zero-order chi connectivity index (χ0) is 20.4. The Kier molecular flexibility index (Phi) is 5.03. The van der Waals surface area contributed by atoms with Crippen LogP contribution in [0.4, 0.5) is 11.4 Å². The van der Waals surface area contributed by atoms with Gasteiger partial charge in [0.1, 0.15) is 11.3 Å². The van der Waals surface area contributed by atoms with E-state index in [4.69, 9.17) is 9.15 Å². The summed E-state index contributed by atoms with van der Waals surface area (Å²) in [5.41, 5.74) is 1.16. The summed E-state index contributed by atoms with van der Waals surface area (Å²) in [6.45, 7) is 2.65. The third-order valence-electron chi connectivity index (χ3n) is 4.75. The van der Waals surface area contributed by atoms with Crippen molar-refractivity contribution < 1.29 is 18.7 Å². The Morgan fingerprint density at radius 2 is 1.97 bits per heavy atom. The van der Waals surface area contributed by atoms with Gasteiger partial charge < -0.3 is 19.4 Å². The van der Waals surface area contributed by atoms with Gasteiger partial charge in [0.2, 0.25) is 0 Å². The fourth-order valence-corrected chi connectivity index (χ4v) is 3.25. The molecule has 0 saturated heterocycles. The maximum absolute atomic E-state index is 12.6. The van der Waals surface area contributed by atoms with E-state index in [9.17, 15) is 14.4 Å². The summed E-state index contributed by atoms with van der Waals surface area (Å²) in [4.78, 5) is 38.8. The molecule has 2 heterocycles. The van der Waals surface area contributed by atoms with Crippen LogP contribution < -0.4 is 20.4 Å². The monoisotopic (exact) mass is 392 g/mol. The van der Waals surface area contributed by atoms with Crippen molar-refractivity contribution in [3.05, 3.63) is 64.5 Å². The predicted molar refractivity (Wildman–Crippen MR) is 110 cm³/mol. The van der Waals surface area contributed by atoms with E-state index in [1.807, 2.05) is 0 Å². The van der Waals surface area contributed by atoms with E-state index in [1.54, 1.807) is 47.4 Å². The summed E-state index contributed by atoms with van der Waals surface area (Å²) in [6.07, 6.45) is 1.82. The minimum atomic E-state index is -0.545. The first-order valence-corrected chi connectivity index (χ1v) is 9.48. The van der Waals surface area contributed by atoms with Gasteiger partial charge >= 0.3 is 0 Å². The molecule has 29 heavy (non-hydrogen) atoms. The van der Waals surface area contributed by atoms with Gasteiger partial charge in [-0.25, -0.2) is 0 Å². The standard InChI is InChI=1S/C22H20N2O5/c1-2-3-10-24-16-11-14(8-9-19(16)28-13-21(24)26)23-22(27)20-12-17(25)15-6-4-5-7-18(15)29-20/h4-9,11-12H,2-3,10,13H2,1H3,(H,23,27). The van der Waals surface area contributed by atoms with Gasteiger partial charge in [-0.2, -0.15) is 0 Å². The van der Waals surface area contributed by atoms with Crippen molar-refractivity contribution in [2.24, 2.45) is 0 Å². The number of carbonyl (C=O) groups is 2. The molecule has 0 fully saturated rings. The van der Waals surface area contributed by atoms with E-state index in [-0.39, 0.29) is 23.7 Å². The SMILES string of the molecule is CCCCN1C(=O)COc2ccc(NC(=O)c3cc(=O)c4ccccc4o3)cc21. The normalized spacial score (nSPS) is 13.1. The maximum atomic E-state index is 12.6. The largest absolute Gasteiger partial charge is 0.482 e. The molecule has 0 spiro atoms. The van der Waals surface area contributed by atoms with Gasteiger partial charge in [-0.1, -0.05) is 25.5 Å². The molecule has 0 saturated carbocycles. The van der Waals surface area contributed by atoms with Crippen molar-refractivity contribution in [2.75, 3.05) is 23.4 Å². The lowest BCUT2D eigenvalue weighted by Crippen LogP contribution is -2.39. The first-order valence-electron chi connectivity index (χ1n) is 9.48. The lowest BCUT2D eigenvalue weighted by atomic mass is 10.2. The highest BCUT2D eigenvalue weighted by Gasteiger charge is 2.25. The van der Waals surface area contributed by atoms with Crippen LogP contribution in [-0.2, 0) is 4.79 Å². The van der Waals surface area contributed by atoms with Crippen LogP contribution in [0.25, 0.3) is 11.0 Å². The number of anilines is 2. The van der Waals surface area contributed by atoms with Crippen LogP contribution >= 0.6 is 0 Å². The molecular weight excluding hydrogens is 372 g/mol. The minimum absolute atomic E-state index is 0.00463. The summed E-state index contributed by atoms with van der Waals surface area (Å²) in [6, 6.07) is 13.0. The highest BCUT2D eigenvalue weighted by molar-refractivity contribution is 6.04. The van der Waals surface area contributed by atoms with Gasteiger partial charge in [-0.05, 0) is 36.8 Å². The van der Waals surface area contributed by atoms with Crippen LogP contribution in [-0.4, -0.2) is 25.0 Å². The zero-order valence-corrected chi connectivity index (χ0v) is 15.9. The molecule has 0 aliphatic carbocycles. The van der Waals surface area contributed by atoms with E-state index in [2.05, 4.69) is 12.2 Å². The number of carbonyl (C=O) groups excluding carboxylic acids is 2. The third-order valence-corrected chi connectivity index (χ3v) is 4.75. The highest BCUT2D eigenvalue weighted by Crippen LogP contribution is 2.35. The number of nitrogens with zero attached hydrogens (tertiary/aromatic N) is 1. The number of nitrogens with one attached hydrogen (secondary N) is 1. The first-order chi connectivity index (χ1) is 14.1. The average Bonchev–Trinajstić information content (AvgIpc) is 2.73. The first kappa shape index (κ1) is 18.7. The van der Waals surface area contributed by atoms with Crippen LogP contribution in [0.1, 0.15) is 30.3 Å². The highest BCUT2D eigenvalue weighted by atomic mass is 16.5. The second-order valence-electron chi connectivity index (χ2n) is 6.80. The van der Waals surface area contributed by atoms with E-state index in [0.29, 0.717) is 34.6 Å². The van der Waals surface area contributed by atoms with Crippen LogP contribution in [0, 0.1) is 0 Å². The lowest BCUT2D eigenvalue weighted by Gasteiger charge is -2.29. The van der Waals surface area contributed by atoms with Crippen molar-refractivity contribution in [1.82, 2.24) is 0 Å². The van der Waals surface area contributed by atoms with Crippen LogP contribution in [0.5, 0.6) is 5.75 Å². The second-order valence-corrected chi connectivity index (χ2v) is 6.80. The Morgan fingerprint density at radius 3 is 2.79 bits per heavy atom. The van der Waals surface area contributed by atoms with E-state index in [0.717, 1.165) is 12.8 Å². The maximum Gasteiger partial charge on any atom is 0.291 e. The molecule has 7 nitrogen and oxygen atoms in total. The molecule has 0 bridgehead atoms. The molecule has 4 rings (SSSR count). The Morgan fingerprint density at radius 1 is 1.14 bits per heavy atom. The van der Waals surface area contributed by atoms with E-state index >= 15 is 0 Å². The number of hydrogen-bond acceptors (Lipinski definition) is 5. The summed E-state index contributed by atoms with van der Waals surface area (Å²) in [7, 11) is 0. The number of fused-ring (bicyclic) bond motifs is 2. The summed E-state index contributed by atoms with van der Waals surface area (Å²) >= 11 is 0. The molecule has 2 aromatic carbocycles. The van der Waals surface area contributed by atoms with Gasteiger partial charge in [0.15, 0.2) is 17.8 Å². The van der Waals surface area contributed by atoms with Crippen molar-refractivity contribution in [2.45, 2.75) is 19.8 Å². The van der Waals surface area contributed by atoms with E-state index in [1.165, 1.54) is 6.07 Å². The molecule has 1 aliphatic heterocycles. The average molecular weight is 392 g/mol. The van der Waals surface area contributed by atoms with Gasteiger partial charge in [-0.3, -0.25) is 14.4 Å². The smallest absolute Gasteiger partial charge is 0.291 e. The second kappa shape index (κ2) is 7.79. The number of ether oxygens (including phenoxy) is 1. The van der Waals surface area contributed by atoms with Crippen molar-refractivity contribution in [3.8, 4) is 5.75 Å².